The van der Waals surface area contributed by atoms with Crippen LogP contribution in [-0.4, -0.2) is 0 Å². The fraction of sp³-hybridized carbons (Fsp3) is 0.333. The molecule has 0 aliphatic carbocycles. The van der Waals surface area contributed by atoms with Crippen LogP contribution in [0.1, 0.15) is 11.1 Å². The first-order valence-electron chi connectivity index (χ1n) is 2.54. The van der Waals surface area contributed by atoms with Crippen LogP contribution in [0.5, 0.6) is 0 Å². The molecular weight excluding hydrogens is 264 g/mol. The summed E-state index contributed by atoms with van der Waals surface area (Å²) >= 11 is 8.62. The second-order valence-corrected chi connectivity index (χ2v) is 4.56. The van der Waals surface area contributed by atoms with E-state index in [-0.39, 0.29) is 0 Å². The number of hydrogen-bond donors (Lipinski definition) is 0. The Hall–Kier alpha value is 0.660. The van der Waals surface area contributed by atoms with Crippen molar-refractivity contribution in [2.75, 3.05) is 0 Å². The largest absolute Gasteiger partial charge is 0.136 e. The van der Waals surface area contributed by atoms with Gasteiger partial charge in [-0.05, 0) is 39.4 Å². The van der Waals surface area contributed by atoms with Gasteiger partial charge in [0.2, 0.25) is 0 Å². The summed E-state index contributed by atoms with van der Waals surface area (Å²) in [5, 5.41) is 3.10. The lowest BCUT2D eigenvalue weighted by Gasteiger charge is -1.90. The van der Waals surface area contributed by atoms with Crippen LogP contribution in [0.25, 0.3) is 0 Å². The van der Waals surface area contributed by atoms with Crippen molar-refractivity contribution in [3.05, 3.63) is 20.3 Å². The van der Waals surface area contributed by atoms with E-state index in [4.69, 9.17) is 0 Å². The molecule has 3 heteroatoms. The first-order valence-corrected chi connectivity index (χ1v) is 5.33. The van der Waals surface area contributed by atoms with Gasteiger partial charge in [0.05, 0.1) is 3.79 Å². The van der Waals surface area contributed by atoms with E-state index in [0.29, 0.717) is 0 Å². The van der Waals surface area contributed by atoms with Crippen LogP contribution < -0.4 is 0 Å². The van der Waals surface area contributed by atoms with E-state index in [1.54, 1.807) is 11.3 Å². The van der Waals surface area contributed by atoms with Crippen molar-refractivity contribution < 1.29 is 0 Å². The lowest BCUT2D eigenvalue weighted by atomic mass is 10.2. The molecule has 0 unspecified atom stereocenters. The number of aryl methyl sites for hydroxylation is 1. The van der Waals surface area contributed by atoms with E-state index in [1.165, 1.54) is 14.9 Å². The molecule has 1 rings (SSSR count). The summed E-state index contributed by atoms with van der Waals surface area (Å²) in [6.45, 7) is 2.12. The number of halogens is 2. The lowest BCUT2D eigenvalue weighted by molar-refractivity contribution is 1.36. The molecule has 0 spiro atoms. The molecule has 50 valence electrons. The summed E-state index contributed by atoms with van der Waals surface area (Å²) in [6, 6.07) is 0. The summed E-state index contributed by atoms with van der Waals surface area (Å²) in [7, 11) is 0. The van der Waals surface area contributed by atoms with Crippen molar-refractivity contribution in [2.45, 2.75) is 12.3 Å². The molecule has 0 bridgehead atoms. The summed E-state index contributed by atoms with van der Waals surface area (Å²) < 4.78 is 1.25. The van der Waals surface area contributed by atoms with Gasteiger partial charge in [0, 0.05) is 5.33 Å². The highest BCUT2D eigenvalue weighted by Crippen LogP contribution is 2.28. The monoisotopic (exact) mass is 268 g/mol. The van der Waals surface area contributed by atoms with Crippen LogP contribution in [0.3, 0.4) is 0 Å². The number of alkyl halides is 1. The smallest absolute Gasteiger partial charge is 0.0741 e. The van der Waals surface area contributed by atoms with E-state index in [1.807, 2.05) is 0 Å². The predicted octanol–water partition coefficient (Wildman–Crippen LogP) is 3.71. The van der Waals surface area contributed by atoms with Crippen molar-refractivity contribution in [1.29, 1.82) is 0 Å². The molecule has 0 aliphatic heterocycles. The highest BCUT2D eigenvalue weighted by molar-refractivity contribution is 9.11. The van der Waals surface area contributed by atoms with E-state index >= 15 is 0 Å². The van der Waals surface area contributed by atoms with Gasteiger partial charge in [0.25, 0.3) is 0 Å². The molecule has 0 N–H and O–H groups in total. The maximum absolute atomic E-state index is 3.47. The van der Waals surface area contributed by atoms with E-state index in [2.05, 4.69) is 44.2 Å². The zero-order valence-electron chi connectivity index (χ0n) is 4.95. The van der Waals surface area contributed by atoms with Crippen LogP contribution >= 0.6 is 43.2 Å². The van der Waals surface area contributed by atoms with Gasteiger partial charge in [-0.25, -0.2) is 0 Å². The maximum Gasteiger partial charge on any atom is 0.0741 e. The van der Waals surface area contributed by atoms with Crippen molar-refractivity contribution >= 4 is 43.2 Å². The average Bonchev–Trinajstić information content (AvgIpc) is 2.12. The SMILES string of the molecule is Cc1csc(Br)c1CBr. The summed E-state index contributed by atoms with van der Waals surface area (Å²) in [5.41, 5.74) is 2.74. The molecule has 1 aromatic rings. The van der Waals surface area contributed by atoms with Gasteiger partial charge in [-0.2, -0.15) is 0 Å². The molecule has 0 amide bonds. The molecule has 0 saturated carbocycles. The number of rotatable bonds is 1. The number of hydrogen-bond acceptors (Lipinski definition) is 1. The molecular formula is C6H6Br2S. The molecule has 0 atom stereocenters. The Morgan fingerprint density at radius 2 is 2.33 bits per heavy atom. The van der Waals surface area contributed by atoms with E-state index < -0.39 is 0 Å². The lowest BCUT2D eigenvalue weighted by Crippen LogP contribution is -1.74. The molecule has 0 aliphatic rings. The quantitative estimate of drug-likeness (QED) is 0.682. The van der Waals surface area contributed by atoms with Crippen molar-refractivity contribution in [3.8, 4) is 0 Å². The first-order chi connectivity index (χ1) is 4.25. The third-order valence-electron chi connectivity index (χ3n) is 1.19. The normalized spacial score (nSPS) is 10.1. The predicted molar refractivity (Wildman–Crippen MR) is 49.4 cm³/mol. The minimum Gasteiger partial charge on any atom is -0.136 e. The van der Waals surface area contributed by atoms with Crippen molar-refractivity contribution in [1.82, 2.24) is 0 Å². The van der Waals surface area contributed by atoms with Crippen molar-refractivity contribution in [3.63, 3.8) is 0 Å². The van der Waals surface area contributed by atoms with Gasteiger partial charge in [-0.1, -0.05) is 15.9 Å². The van der Waals surface area contributed by atoms with Crippen LogP contribution in [0, 0.1) is 6.92 Å². The summed E-state index contributed by atoms with van der Waals surface area (Å²) in [4.78, 5) is 0. The van der Waals surface area contributed by atoms with Crippen LogP contribution in [0.4, 0.5) is 0 Å². The highest BCUT2D eigenvalue weighted by atomic mass is 79.9. The first kappa shape index (κ1) is 7.76. The molecule has 0 aromatic carbocycles. The minimum absolute atomic E-state index is 0.947. The van der Waals surface area contributed by atoms with Gasteiger partial charge in [-0.3, -0.25) is 0 Å². The van der Waals surface area contributed by atoms with Crippen LogP contribution in [-0.2, 0) is 5.33 Å². The molecule has 0 nitrogen and oxygen atoms in total. The molecule has 0 saturated heterocycles. The van der Waals surface area contributed by atoms with Crippen molar-refractivity contribution in [2.24, 2.45) is 0 Å². The molecule has 9 heavy (non-hydrogen) atoms. The standard InChI is InChI=1S/C6H6Br2S/c1-4-3-9-6(8)5(4)2-7/h3H,2H2,1H3. The zero-order chi connectivity index (χ0) is 6.85. The highest BCUT2D eigenvalue weighted by Gasteiger charge is 2.02. The third kappa shape index (κ3) is 1.57. The van der Waals surface area contributed by atoms with Crippen LogP contribution in [0.2, 0.25) is 0 Å². The minimum atomic E-state index is 0.947. The number of thiophene rings is 1. The Balaban J connectivity index is 3.07. The molecule has 1 heterocycles. The Bertz CT molecular complexity index is 185. The molecule has 1 aromatic heterocycles. The average molecular weight is 270 g/mol. The summed E-state index contributed by atoms with van der Waals surface area (Å²) in [5.74, 6) is 0. The van der Waals surface area contributed by atoms with E-state index in [0.717, 1.165) is 5.33 Å². The third-order valence-corrected chi connectivity index (χ3v) is 3.71. The Labute approximate surface area is 75.5 Å². The zero-order valence-corrected chi connectivity index (χ0v) is 8.94. The van der Waals surface area contributed by atoms with Crippen LogP contribution in [0.15, 0.2) is 9.17 Å². The Morgan fingerprint density at radius 3 is 2.56 bits per heavy atom. The van der Waals surface area contributed by atoms with Gasteiger partial charge < -0.3 is 0 Å². The van der Waals surface area contributed by atoms with Gasteiger partial charge in [0.1, 0.15) is 0 Å². The van der Waals surface area contributed by atoms with Gasteiger partial charge in [-0.15, -0.1) is 11.3 Å². The molecule has 0 radical (unpaired) electrons. The van der Waals surface area contributed by atoms with E-state index in [9.17, 15) is 0 Å². The Kier molecular flexibility index (Phi) is 2.73. The second-order valence-electron chi connectivity index (χ2n) is 1.80. The maximum atomic E-state index is 3.47. The Morgan fingerprint density at radius 1 is 1.67 bits per heavy atom. The van der Waals surface area contributed by atoms with Gasteiger partial charge >= 0.3 is 0 Å². The molecule has 0 fully saturated rings. The fourth-order valence-corrected chi connectivity index (χ4v) is 3.41. The van der Waals surface area contributed by atoms with Gasteiger partial charge in [0.15, 0.2) is 0 Å². The second kappa shape index (κ2) is 3.17. The topological polar surface area (TPSA) is 0 Å². The fourth-order valence-electron chi connectivity index (χ4n) is 0.595. The summed E-state index contributed by atoms with van der Waals surface area (Å²) in [6.07, 6.45) is 0.